The van der Waals surface area contributed by atoms with Gasteiger partial charge in [-0.05, 0) is 28.9 Å². The highest BCUT2D eigenvalue weighted by Gasteiger charge is 2.23. The van der Waals surface area contributed by atoms with E-state index in [-0.39, 0.29) is 5.91 Å². The third-order valence-electron chi connectivity index (χ3n) is 2.89. The lowest BCUT2D eigenvalue weighted by Crippen LogP contribution is -2.42. The van der Waals surface area contributed by atoms with Gasteiger partial charge in [-0.25, -0.2) is 0 Å². The zero-order valence-electron chi connectivity index (χ0n) is 9.69. The van der Waals surface area contributed by atoms with E-state index in [2.05, 4.69) is 15.9 Å². The Bertz CT molecular complexity index is 448. The van der Waals surface area contributed by atoms with Crippen molar-refractivity contribution in [3.05, 3.63) is 22.4 Å². The SMILES string of the molecule is CCn1cc(Br)cc1C(=O)N1CCS(=O)CC1. The van der Waals surface area contributed by atoms with E-state index >= 15 is 0 Å². The first-order chi connectivity index (χ1) is 8.11. The van der Waals surface area contributed by atoms with Crippen LogP contribution >= 0.6 is 15.9 Å². The van der Waals surface area contributed by atoms with Crippen molar-refractivity contribution < 1.29 is 9.00 Å². The minimum Gasteiger partial charge on any atom is -0.343 e. The van der Waals surface area contributed by atoms with Crippen LogP contribution in [0.4, 0.5) is 0 Å². The number of hydrogen-bond donors (Lipinski definition) is 0. The molecule has 1 fully saturated rings. The normalized spacial score (nSPS) is 17.4. The zero-order chi connectivity index (χ0) is 12.4. The second-order valence-corrected chi connectivity index (χ2v) is 6.58. The largest absolute Gasteiger partial charge is 0.343 e. The van der Waals surface area contributed by atoms with Crippen molar-refractivity contribution in [1.82, 2.24) is 9.47 Å². The molecule has 94 valence electrons. The highest BCUT2D eigenvalue weighted by Crippen LogP contribution is 2.17. The molecule has 1 aliphatic rings. The molecule has 0 N–H and O–H groups in total. The molecule has 0 bridgehead atoms. The Labute approximate surface area is 112 Å². The van der Waals surface area contributed by atoms with Crippen molar-refractivity contribution in [3.63, 3.8) is 0 Å². The molecule has 1 amide bonds. The van der Waals surface area contributed by atoms with Crippen molar-refractivity contribution in [2.45, 2.75) is 13.5 Å². The molecule has 1 aromatic heterocycles. The predicted octanol–water partition coefficient (Wildman–Crippen LogP) is 1.47. The van der Waals surface area contributed by atoms with Gasteiger partial charge in [-0.2, -0.15) is 0 Å². The van der Waals surface area contributed by atoms with E-state index in [1.165, 1.54) is 0 Å². The molecule has 0 spiro atoms. The standard InChI is InChI=1S/C11H15BrN2O2S/c1-2-13-8-9(12)7-10(13)11(15)14-3-5-17(16)6-4-14/h7-8H,2-6H2,1H3. The van der Waals surface area contributed by atoms with Gasteiger partial charge in [0.05, 0.1) is 0 Å². The van der Waals surface area contributed by atoms with Gasteiger partial charge in [-0.3, -0.25) is 9.00 Å². The smallest absolute Gasteiger partial charge is 0.270 e. The summed E-state index contributed by atoms with van der Waals surface area (Å²) in [6.45, 7) is 3.97. The van der Waals surface area contributed by atoms with Crippen LogP contribution in [-0.2, 0) is 17.3 Å². The lowest BCUT2D eigenvalue weighted by atomic mass is 10.3. The molecule has 2 rings (SSSR count). The second kappa shape index (κ2) is 5.35. The quantitative estimate of drug-likeness (QED) is 0.828. The number of aromatic nitrogens is 1. The average Bonchev–Trinajstić information content (AvgIpc) is 2.70. The van der Waals surface area contributed by atoms with Gasteiger partial charge < -0.3 is 9.47 Å². The van der Waals surface area contributed by atoms with Crippen LogP contribution in [0.15, 0.2) is 16.7 Å². The van der Waals surface area contributed by atoms with Crippen LogP contribution in [0.5, 0.6) is 0 Å². The number of carbonyl (C=O) groups is 1. The molecule has 0 aromatic carbocycles. The van der Waals surface area contributed by atoms with Crippen molar-refractivity contribution in [3.8, 4) is 0 Å². The van der Waals surface area contributed by atoms with Gasteiger partial charge in [0.25, 0.3) is 5.91 Å². The molecule has 0 unspecified atom stereocenters. The Balaban J connectivity index is 2.16. The Morgan fingerprint density at radius 2 is 2.12 bits per heavy atom. The summed E-state index contributed by atoms with van der Waals surface area (Å²) >= 11 is 3.39. The first kappa shape index (κ1) is 12.8. The van der Waals surface area contributed by atoms with Crippen LogP contribution in [0.3, 0.4) is 0 Å². The van der Waals surface area contributed by atoms with Gasteiger partial charge in [0.15, 0.2) is 0 Å². The molecule has 17 heavy (non-hydrogen) atoms. The van der Waals surface area contributed by atoms with Crippen LogP contribution in [0.1, 0.15) is 17.4 Å². The number of nitrogens with zero attached hydrogens (tertiary/aromatic N) is 2. The molecule has 6 heteroatoms. The highest BCUT2D eigenvalue weighted by molar-refractivity contribution is 9.10. The molecule has 1 aliphatic heterocycles. The Morgan fingerprint density at radius 1 is 1.47 bits per heavy atom. The third kappa shape index (κ3) is 2.80. The number of carbonyl (C=O) groups excluding carboxylic acids is 1. The van der Waals surface area contributed by atoms with Gasteiger partial charge in [0, 0.05) is 52.6 Å². The molecule has 2 heterocycles. The van der Waals surface area contributed by atoms with Crippen LogP contribution in [0.2, 0.25) is 0 Å². The number of halogens is 1. The number of rotatable bonds is 2. The van der Waals surface area contributed by atoms with Crippen LogP contribution in [0.25, 0.3) is 0 Å². The lowest BCUT2D eigenvalue weighted by Gasteiger charge is -2.26. The lowest BCUT2D eigenvalue weighted by molar-refractivity contribution is 0.0760. The summed E-state index contributed by atoms with van der Waals surface area (Å²) in [7, 11) is -0.746. The van der Waals surface area contributed by atoms with Crippen molar-refractivity contribution in [2.24, 2.45) is 0 Å². The highest BCUT2D eigenvalue weighted by atomic mass is 79.9. The molecule has 0 aliphatic carbocycles. The Hall–Kier alpha value is -0.620. The fourth-order valence-corrected chi connectivity index (χ4v) is 3.43. The molecule has 1 aromatic rings. The summed E-state index contributed by atoms with van der Waals surface area (Å²) in [6.07, 6.45) is 1.91. The molecular weight excluding hydrogens is 304 g/mol. The van der Waals surface area contributed by atoms with E-state index in [9.17, 15) is 9.00 Å². The van der Waals surface area contributed by atoms with E-state index in [4.69, 9.17) is 0 Å². The van der Waals surface area contributed by atoms with E-state index in [0.717, 1.165) is 11.0 Å². The Kier molecular flexibility index (Phi) is 4.04. The molecule has 4 nitrogen and oxygen atoms in total. The van der Waals surface area contributed by atoms with E-state index < -0.39 is 10.8 Å². The third-order valence-corrected chi connectivity index (χ3v) is 4.60. The van der Waals surface area contributed by atoms with Gasteiger partial charge in [0.2, 0.25) is 0 Å². The van der Waals surface area contributed by atoms with Gasteiger partial charge >= 0.3 is 0 Å². The summed E-state index contributed by atoms with van der Waals surface area (Å²) in [4.78, 5) is 14.1. The molecule has 0 atom stereocenters. The minimum atomic E-state index is -0.746. The topological polar surface area (TPSA) is 42.3 Å². The van der Waals surface area contributed by atoms with Crippen LogP contribution in [-0.4, -0.2) is 44.2 Å². The summed E-state index contributed by atoms with van der Waals surface area (Å²) in [6, 6.07) is 1.84. The fourth-order valence-electron chi connectivity index (χ4n) is 1.92. The number of aryl methyl sites for hydroxylation is 1. The van der Waals surface area contributed by atoms with Crippen LogP contribution < -0.4 is 0 Å². The summed E-state index contributed by atoms with van der Waals surface area (Å²) in [5.41, 5.74) is 0.701. The average molecular weight is 319 g/mol. The maximum Gasteiger partial charge on any atom is 0.270 e. The van der Waals surface area contributed by atoms with E-state index in [1.807, 2.05) is 23.8 Å². The summed E-state index contributed by atoms with van der Waals surface area (Å²) in [5, 5.41) is 0. The maximum absolute atomic E-state index is 12.3. The second-order valence-electron chi connectivity index (χ2n) is 3.97. The monoisotopic (exact) mass is 318 g/mol. The molecule has 1 saturated heterocycles. The summed E-state index contributed by atoms with van der Waals surface area (Å²) < 4.78 is 14.1. The summed E-state index contributed by atoms with van der Waals surface area (Å²) in [5.74, 6) is 1.23. The van der Waals surface area contributed by atoms with Crippen molar-refractivity contribution in [2.75, 3.05) is 24.6 Å². The van der Waals surface area contributed by atoms with Crippen LogP contribution in [0, 0.1) is 0 Å². The molecule has 0 radical (unpaired) electrons. The predicted molar refractivity (Wildman–Crippen MR) is 71.6 cm³/mol. The number of amides is 1. The van der Waals surface area contributed by atoms with Gasteiger partial charge in [-0.15, -0.1) is 0 Å². The first-order valence-electron chi connectivity index (χ1n) is 5.61. The van der Waals surface area contributed by atoms with Gasteiger partial charge in [-0.1, -0.05) is 0 Å². The van der Waals surface area contributed by atoms with E-state index in [0.29, 0.717) is 30.3 Å². The molecular formula is C11H15BrN2O2S. The van der Waals surface area contributed by atoms with Gasteiger partial charge in [0.1, 0.15) is 5.69 Å². The molecule has 0 saturated carbocycles. The van der Waals surface area contributed by atoms with E-state index in [1.54, 1.807) is 4.90 Å². The fraction of sp³-hybridized carbons (Fsp3) is 0.545. The minimum absolute atomic E-state index is 0.0363. The first-order valence-corrected chi connectivity index (χ1v) is 7.90. The van der Waals surface area contributed by atoms with Crippen molar-refractivity contribution in [1.29, 1.82) is 0 Å². The number of hydrogen-bond acceptors (Lipinski definition) is 2. The maximum atomic E-state index is 12.3. The Morgan fingerprint density at radius 3 is 2.71 bits per heavy atom. The zero-order valence-corrected chi connectivity index (χ0v) is 12.1. The van der Waals surface area contributed by atoms with Crippen molar-refractivity contribution >= 4 is 32.6 Å².